The number of carbonyl (C=O) groups excluding carboxylic acids is 1. The lowest BCUT2D eigenvalue weighted by Crippen LogP contribution is -2.09. The van der Waals surface area contributed by atoms with Crippen LogP contribution in [0.5, 0.6) is 0 Å². The summed E-state index contributed by atoms with van der Waals surface area (Å²) in [4.78, 5) is 10.3. The van der Waals surface area contributed by atoms with Gasteiger partial charge in [-0.3, -0.25) is 0 Å². The van der Waals surface area contributed by atoms with E-state index in [-0.39, 0.29) is 6.42 Å². The topological polar surface area (TPSA) is 17.1 Å². The molecule has 1 aromatic carbocycles. The van der Waals surface area contributed by atoms with Gasteiger partial charge in [0, 0.05) is 4.47 Å². The molecule has 0 saturated heterocycles. The summed E-state index contributed by atoms with van der Waals surface area (Å²) in [7, 11) is 0. The fourth-order valence-electron chi connectivity index (χ4n) is 1.17. The summed E-state index contributed by atoms with van der Waals surface area (Å²) in [5, 5.41) is -0.820. The molecular weight excluding hydrogens is 308 g/mol. The van der Waals surface area contributed by atoms with E-state index in [4.69, 9.17) is 11.6 Å². The van der Waals surface area contributed by atoms with Crippen LogP contribution in [0, 0.1) is 0 Å². The molecule has 1 aromatic rings. The normalized spacial score (nSPS) is 13.6. The van der Waals surface area contributed by atoms with Gasteiger partial charge < -0.3 is 4.79 Å². The Balaban J connectivity index is 3.04. The number of carbonyl (C=O) groups is 1. The Labute approximate surface area is 104 Å². The summed E-state index contributed by atoms with van der Waals surface area (Å²) in [5.74, 6) is 0. The molecule has 0 amide bonds. The summed E-state index contributed by atoms with van der Waals surface area (Å²) in [6, 6.07) is 3.26. The molecule has 1 rings (SSSR count). The summed E-state index contributed by atoms with van der Waals surface area (Å²) >= 11 is 8.68. The van der Waals surface area contributed by atoms with E-state index in [1.165, 1.54) is 6.07 Å². The molecule has 0 N–H and O–H groups in total. The lowest BCUT2D eigenvalue weighted by atomic mass is 10.1. The van der Waals surface area contributed by atoms with Gasteiger partial charge in [0.2, 0.25) is 0 Å². The van der Waals surface area contributed by atoms with Crippen LogP contribution in [0.15, 0.2) is 22.7 Å². The van der Waals surface area contributed by atoms with Gasteiger partial charge in [0.1, 0.15) is 6.29 Å². The molecule has 0 aromatic heterocycles. The zero-order valence-electron chi connectivity index (χ0n) is 7.89. The molecule has 1 nitrogen and oxygen atoms in total. The molecule has 0 aliphatic carbocycles. The van der Waals surface area contributed by atoms with Crippen molar-refractivity contribution in [3.05, 3.63) is 33.8 Å². The number of rotatable bonds is 3. The first-order valence-electron chi connectivity index (χ1n) is 4.29. The van der Waals surface area contributed by atoms with Crippen LogP contribution in [0.25, 0.3) is 0 Å². The largest absolute Gasteiger partial charge is 0.416 e. The second kappa shape index (κ2) is 5.19. The monoisotopic (exact) mass is 314 g/mol. The van der Waals surface area contributed by atoms with Crippen LogP contribution in [-0.4, -0.2) is 11.7 Å². The van der Waals surface area contributed by atoms with Crippen molar-refractivity contribution in [2.75, 3.05) is 0 Å². The van der Waals surface area contributed by atoms with E-state index in [9.17, 15) is 18.0 Å². The van der Waals surface area contributed by atoms with Crippen LogP contribution < -0.4 is 0 Å². The van der Waals surface area contributed by atoms with Gasteiger partial charge in [-0.1, -0.05) is 15.9 Å². The third kappa shape index (κ3) is 3.49. The van der Waals surface area contributed by atoms with Crippen molar-refractivity contribution >= 4 is 33.8 Å². The average molecular weight is 316 g/mol. The summed E-state index contributed by atoms with van der Waals surface area (Å²) < 4.78 is 37.7. The Morgan fingerprint density at radius 1 is 1.44 bits per heavy atom. The number of benzene rings is 1. The summed E-state index contributed by atoms with van der Waals surface area (Å²) in [5.41, 5.74) is -0.387. The maximum absolute atomic E-state index is 12.4. The first kappa shape index (κ1) is 13.5. The summed E-state index contributed by atoms with van der Waals surface area (Å²) in [6.07, 6.45) is -3.83. The third-order valence-electron chi connectivity index (χ3n) is 1.94. The van der Waals surface area contributed by atoms with Crippen LogP contribution in [0.2, 0.25) is 0 Å². The molecular formula is C10H7BrClF3O. The Bertz CT molecular complexity index is 392. The fraction of sp³-hybridized carbons (Fsp3) is 0.300. The molecule has 6 heteroatoms. The Morgan fingerprint density at radius 2 is 2.06 bits per heavy atom. The Kier molecular flexibility index (Phi) is 4.38. The zero-order chi connectivity index (χ0) is 12.3. The lowest BCUT2D eigenvalue weighted by Gasteiger charge is -2.11. The molecule has 0 radical (unpaired) electrons. The van der Waals surface area contributed by atoms with Crippen LogP contribution in [0.4, 0.5) is 13.2 Å². The average Bonchev–Trinajstić information content (AvgIpc) is 2.19. The second-order valence-electron chi connectivity index (χ2n) is 3.16. The quantitative estimate of drug-likeness (QED) is 0.612. The Hall–Kier alpha value is -0.550. The van der Waals surface area contributed by atoms with Gasteiger partial charge >= 0.3 is 6.18 Å². The number of hydrogen-bond donors (Lipinski definition) is 0. The van der Waals surface area contributed by atoms with E-state index in [0.717, 1.165) is 12.1 Å². The molecule has 0 aliphatic heterocycles. The molecule has 0 fully saturated rings. The van der Waals surface area contributed by atoms with Gasteiger partial charge in [-0.15, -0.1) is 11.6 Å². The number of aldehydes is 1. The zero-order valence-corrected chi connectivity index (χ0v) is 10.2. The minimum Gasteiger partial charge on any atom is -0.302 e. The number of alkyl halides is 4. The third-order valence-corrected chi connectivity index (χ3v) is 2.97. The molecule has 16 heavy (non-hydrogen) atoms. The van der Waals surface area contributed by atoms with Crippen molar-refractivity contribution in [2.45, 2.75) is 18.0 Å². The number of halogens is 5. The summed E-state index contributed by atoms with van der Waals surface area (Å²) in [6.45, 7) is 0. The molecule has 1 atom stereocenters. The van der Waals surface area contributed by atoms with E-state index in [1.54, 1.807) is 0 Å². The first-order chi connectivity index (χ1) is 7.34. The Morgan fingerprint density at radius 3 is 2.56 bits per heavy atom. The second-order valence-corrected chi connectivity index (χ2v) is 4.58. The van der Waals surface area contributed by atoms with E-state index >= 15 is 0 Å². The van der Waals surface area contributed by atoms with E-state index in [0.29, 0.717) is 16.3 Å². The maximum Gasteiger partial charge on any atom is 0.416 e. The van der Waals surface area contributed by atoms with Crippen molar-refractivity contribution in [1.82, 2.24) is 0 Å². The molecule has 0 aliphatic rings. The van der Waals surface area contributed by atoms with Gasteiger partial charge in [-0.2, -0.15) is 13.2 Å². The van der Waals surface area contributed by atoms with Crippen molar-refractivity contribution in [3.63, 3.8) is 0 Å². The van der Waals surface area contributed by atoms with Gasteiger partial charge in [-0.25, -0.2) is 0 Å². The molecule has 0 saturated carbocycles. The predicted octanol–water partition coefficient (Wildman–Crippen LogP) is 3.82. The highest BCUT2D eigenvalue weighted by Crippen LogP contribution is 2.32. The van der Waals surface area contributed by atoms with Gasteiger partial charge in [-0.05, 0) is 30.2 Å². The van der Waals surface area contributed by atoms with E-state index < -0.39 is 17.1 Å². The minimum atomic E-state index is -4.39. The highest BCUT2D eigenvalue weighted by molar-refractivity contribution is 9.10. The number of hydrogen-bond acceptors (Lipinski definition) is 1. The van der Waals surface area contributed by atoms with Crippen molar-refractivity contribution in [2.24, 2.45) is 0 Å². The minimum absolute atomic E-state index is 0.0650. The fourth-order valence-corrected chi connectivity index (χ4v) is 1.74. The van der Waals surface area contributed by atoms with E-state index in [1.807, 2.05) is 0 Å². The van der Waals surface area contributed by atoms with Crippen molar-refractivity contribution in [3.8, 4) is 0 Å². The molecule has 0 bridgehead atoms. The predicted molar refractivity (Wildman–Crippen MR) is 58.6 cm³/mol. The standard InChI is InChI=1S/C10H7BrClF3O/c11-9-2-1-7(10(13,14)15)3-6(9)4-8(12)5-16/h1-3,5,8H,4H2. The smallest absolute Gasteiger partial charge is 0.302 e. The van der Waals surface area contributed by atoms with Gasteiger partial charge in [0.05, 0.1) is 10.9 Å². The maximum atomic E-state index is 12.4. The van der Waals surface area contributed by atoms with Gasteiger partial charge in [0.25, 0.3) is 0 Å². The van der Waals surface area contributed by atoms with Crippen molar-refractivity contribution < 1.29 is 18.0 Å². The molecule has 0 spiro atoms. The molecule has 1 unspecified atom stereocenters. The molecule has 88 valence electrons. The van der Waals surface area contributed by atoms with Crippen LogP contribution >= 0.6 is 27.5 Å². The highest BCUT2D eigenvalue weighted by Gasteiger charge is 2.30. The first-order valence-corrected chi connectivity index (χ1v) is 5.52. The van der Waals surface area contributed by atoms with Crippen molar-refractivity contribution in [1.29, 1.82) is 0 Å². The SMILES string of the molecule is O=CC(Cl)Cc1cc(C(F)(F)F)ccc1Br. The highest BCUT2D eigenvalue weighted by atomic mass is 79.9. The van der Waals surface area contributed by atoms with Crippen LogP contribution in [0.1, 0.15) is 11.1 Å². The molecule has 0 heterocycles. The van der Waals surface area contributed by atoms with Gasteiger partial charge in [0.15, 0.2) is 0 Å². The van der Waals surface area contributed by atoms with E-state index in [2.05, 4.69) is 15.9 Å². The lowest BCUT2D eigenvalue weighted by molar-refractivity contribution is -0.137. The van der Waals surface area contributed by atoms with Crippen LogP contribution in [0.3, 0.4) is 0 Å². The van der Waals surface area contributed by atoms with Crippen LogP contribution in [-0.2, 0) is 17.4 Å².